The van der Waals surface area contributed by atoms with Crippen LogP contribution in [0, 0.1) is 0 Å². The summed E-state index contributed by atoms with van der Waals surface area (Å²) in [6.07, 6.45) is -1.57. The van der Waals surface area contributed by atoms with Crippen LogP contribution in [0.15, 0.2) is 17.1 Å². The van der Waals surface area contributed by atoms with Crippen LogP contribution >= 0.6 is 12.4 Å². The molecule has 0 bridgehead atoms. The van der Waals surface area contributed by atoms with Crippen molar-refractivity contribution in [3.05, 3.63) is 28.2 Å². The predicted molar refractivity (Wildman–Crippen MR) is 73.3 cm³/mol. The highest BCUT2D eigenvalue weighted by Gasteiger charge is 2.38. The van der Waals surface area contributed by atoms with Crippen molar-refractivity contribution >= 4 is 24.0 Å². The van der Waals surface area contributed by atoms with Gasteiger partial charge in [0.25, 0.3) is 5.56 Å². The molecular formula is C12H15ClF3N3O2. The molecule has 1 heterocycles. The van der Waals surface area contributed by atoms with Crippen molar-refractivity contribution in [2.45, 2.75) is 37.4 Å². The monoisotopic (exact) mass is 325 g/mol. The Hall–Kier alpha value is -1.54. The van der Waals surface area contributed by atoms with Gasteiger partial charge in [-0.15, -0.1) is 12.4 Å². The van der Waals surface area contributed by atoms with Gasteiger partial charge in [-0.3, -0.25) is 9.59 Å². The molecule has 0 saturated heterocycles. The van der Waals surface area contributed by atoms with Crippen LogP contribution < -0.4 is 16.6 Å². The molecule has 1 aliphatic rings. The van der Waals surface area contributed by atoms with E-state index in [2.05, 4.69) is 5.32 Å². The summed E-state index contributed by atoms with van der Waals surface area (Å²) in [6, 6.07) is 0.606. The minimum absolute atomic E-state index is 0. The zero-order chi connectivity index (χ0) is 15.0. The number of hydrogen-bond acceptors (Lipinski definition) is 3. The summed E-state index contributed by atoms with van der Waals surface area (Å²) in [5.74, 6) is -0.625. The number of nitrogens with two attached hydrogens (primary N) is 1. The Morgan fingerprint density at radius 3 is 2.43 bits per heavy atom. The van der Waals surface area contributed by atoms with Gasteiger partial charge in [0.15, 0.2) is 0 Å². The normalized spacial score (nSPS) is 17.1. The van der Waals surface area contributed by atoms with E-state index in [1.807, 2.05) is 4.98 Å². The van der Waals surface area contributed by atoms with Crippen LogP contribution in [0.5, 0.6) is 0 Å². The minimum Gasteiger partial charge on any atom is -0.327 e. The molecular weight excluding hydrogens is 311 g/mol. The Morgan fingerprint density at radius 2 is 1.90 bits per heavy atom. The van der Waals surface area contributed by atoms with Crippen molar-refractivity contribution in [2.75, 3.05) is 5.32 Å². The van der Waals surface area contributed by atoms with Crippen LogP contribution in [0.1, 0.15) is 31.2 Å². The van der Waals surface area contributed by atoms with Crippen molar-refractivity contribution in [3.8, 4) is 0 Å². The van der Waals surface area contributed by atoms with Gasteiger partial charge < -0.3 is 16.0 Å². The molecule has 0 aromatic carbocycles. The number of carbonyl (C=O) groups excluding carboxylic acids is 1. The van der Waals surface area contributed by atoms with Gasteiger partial charge in [0.1, 0.15) is 5.69 Å². The molecule has 5 nitrogen and oxygen atoms in total. The van der Waals surface area contributed by atoms with E-state index in [0.29, 0.717) is 25.1 Å². The van der Waals surface area contributed by atoms with Gasteiger partial charge in [0, 0.05) is 6.20 Å². The molecule has 0 atom stereocenters. The Labute approximate surface area is 124 Å². The smallest absolute Gasteiger partial charge is 0.327 e. The van der Waals surface area contributed by atoms with Gasteiger partial charge in [0.05, 0.1) is 11.1 Å². The van der Waals surface area contributed by atoms with Gasteiger partial charge >= 0.3 is 6.18 Å². The largest absolute Gasteiger partial charge is 0.417 e. The zero-order valence-electron chi connectivity index (χ0n) is 10.9. The van der Waals surface area contributed by atoms with Crippen molar-refractivity contribution in [2.24, 2.45) is 5.73 Å². The molecule has 0 aliphatic heterocycles. The fraction of sp³-hybridized carbons (Fsp3) is 0.500. The number of halogens is 4. The van der Waals surface area contributed by atoms with Crippen LogP contribution in [0.3, 0.4) is 0 Å². The van der Waals surface area contributed by atoms with Gasteiger partial charge in [-0.1, -0.05) is 12.8 Å². The maximum absolute atomic E-state index is 12.6. The first-order valence-corrected chi connectivity index (χ1v) is 6.13. The van der Waals surface area contributed by atoms with Crippen LogP contribution in [0.4, 0.5) is 18.9 Å². The lowest BCUT2D eigenvalue weighted by molar-refractivity contribution is -0.137. The lowest BCUT2D eigenvalue weighted by Crippen LogP contribution is -2.49. The Morgan fingerprint density at radius 1 is 1.33 bits per heavy atom. The Balaban J connectivity index is 0.00000220. The Kier molecular flexibility index (Phi) is 5.06. The van der Waals surface area contributed by atoms with Crippen molar-refractivity contribution in [3.63, 3.8) is 0 Å². The van der Waals surface area contributed by atoms with E-state index in [1.54, 1.807) is 0 Å². The minimum atomic E-state index is -4.60. The summed E-state index contributed by atoms with van der Waals surface area (Å²) in [6.45, 7) is 0. The lowest BCUT2D eigenvalue weighted by Gasteiger charge is -2.22. The highest BCUT2D eigenvalue weighted by Crippen LogP contribution is 2.30. The number of nitrogens with one attached hydrogen (secondary N) is 2. The van der Waals surface area contributed by atoms with Crippen LogP contribution in [0.25, 0.3) is 0 Å². The van der Waals surface area contributed by atoms with Crippen molar-refractivity contribution in [1.82, 2.24) is 4.98 Å². The molecule has 1 fully saturated rings. The maximum Gasteiger partial charge on any atom is 0.417 e. The molecule has 1 aromatic rings. The summed E-state index contributed by atoms with van der Waals surface area (Å²) in [4.78, 5) is 25.4. The summed E-state index contributed by atoms with van der Waals surface area (Å²) in [5, 5.41) is 2.20. The van der Waals surface area contributed by atoms with Crippen molar-refractivity contribution < 1.29 is 18.0 Å². The van der Waals surface area contributed by atoms with E-state index in [0.717, 1.165) is 12.8 Å². The number of carbonyl (C=O) groups is 1. The van der Waals surface area contributed by atoms with Gasteiger partial charge in [-0.2, -0.15) is 13.2 Å². The highest BCUT2D eigenvalue weighted by molar-refractivity contribution is 5.98. The third-order valence-electron chi connectivity index (χ3n) is 3.43. The SMILES string of the molecule is Cl.NC1(C(=O)Nc2cc(C(F)(F)F)c[nH]c2=O)CCCC1. The molecule has 9 heteroatoms. The summed E-state index contributed by atoms with van der Waals surface area (Å²) < 4.78 is 37.7. The number of amides is 1. The Bertz CT molecular complexity index is 580. The predicted octanol–water partition coefficient (Wildman–Crippen LogP) is 2.03. The number of rotatable bonds is 2. The van der Waals surface area contributed by atoms with Crippen molar-refractivity contribution in [1.29, 1.82) is 0 Å². The topological polar surface area (TPSA) is 88.0 Å². The van der Waals surface area contributed by atoms with E-state index < -0.39 is 34.4 Å². The number of pyridine rings is 1. The molecule has 0 unspecified atom stereocenters. The average Bonchev–Trinajstić information content (AvgIpc) is 2.79. The quantitative estimate of drug-likeness (QED) is 0.777. The fourth-order valence-corrected chi connectivity index (χ4v) is 2.22. The first-order valence-electron chi connectivity index (χ1n) is 6.13. The van der Waals surface area contributed by atoms with Crippen LogP contribution in [-0.4, -0.2) is 16.4 Å². The number of aromatic amines is 1. The van der Waals surface area contributed by atoms with E-state index in [9.17, 15) is 22.8 Å². The van der Waals surface area contributed by atoms with E-state index in [1.165, 1.54) is 0 Å². The van der Waals surface area contributed by atoms with E-state index in [4.69, 9.17) is 5.73 Å². The number of hydrogen-bond donors (Lipinski definition) is 3. The molecule has 118 valence electrons. The molecule has 0 spiro atoms. The second kappa shape index (κ2) is 6.07. The molecule has 4 N–H and O–H groups in total. The second-order valence-corrected chi connectivity index (χ2v) is 4.95. The molecule has 21 heavy (non-hydrogen) atoms. The molecule has 1 aromatic heterocycles. The maximum atomic E-state index is 12.6. The van der Waals surface area contributed by atoms with Gasteiger partial charge in [-0.25, -0.2) is 0 Å². The van der Waals surface area contributed by atoms with Gasteiger partial charge in [-0.05, 0) is 18.9 Å². The average molecular weight is 326 g/mol. The molecule has 1 saturated carbocycles. The number of alkyl halides is 3. The molecule has 0 radical (unpaired) electrons. The second-order valence-electron chi connectivity index (χ2n) is 4.95. The molecule has 2 rings (SSSR count). The fourth-order valence-electron chi connectivity index (χ4n) is 2.22. The molecule has 1 aliphatic carbocycles. The first-order chi connectivity index (χ1) is 9.22. The van der Waals surface area contributed by atoms with E-state index >= 15 is 0 Å². The highest BCUT2D eigenvalue weighted by atomic mass is 35.5. The first kappa shape index (κ1) is 17.5. The number of H-pyrrole nitrogens is 1. The summed E-state index contributed by atoms with van der Waals surface area (Å²) >= 11 is 0. The van der Waals surface area contributed by atoms with E-state index in [-0.39, 0.29) is 12.4 Å². The third-order valence-corrected chi connectivity index (χ3v) is 3.43. The summed E-state index contributed by atoms with van der Waals surface area (Å²) in [7, 11) is 0. The standard InChI is InChI=1S/C12H14F3N3O2.ClH/c13-12(14,15)7-5-8(9(19)17-6-7)18-10(20)11(16)3-1-2-4-11;/h5-6H,1-4,16H2,(H,17,19)(H,18,20);1H. The lowest BCUT2D eigenvalue weighted by atomic mass is 9.98. The zero-order valence-corrected chi connectivity index (χ0v) is 11.7. The number of aromatic nitrogens is 1. The third kappa shape index (κ3) is 3.76. The number of anilines is 1. The summed E-state index contributed by atoms with van der Waals surface area (Å²) in [5.41, 5.74) is 2.49. The van der Waals surface area contributed by atoms with Crippen LogP contribution in [-0.2, 0) is 11.0 Å². The molecule has 1 amide bonds. The van der Waals surface area contributed by atoms with Crippen LogP contribution in [0.2, 0.25) is 0 Å². The van der Waals surface area contributed by atoms with Gasteiger partial charge in [0.2, 0.25) is 5.91 Å².